The van der Waals surface area contributed by atoms with Crippen LogP contribution in [0.2, 0.25) is 0 Å². The van der Waals surface area contributed by atoms with Gasteiger partial charge < -0.3 is 24.2 Å². The molecular formula is C24H24N2O6. The molecule has 0 fully saturated rings. The molecule has 0 aromatic heterocycles. The Morgan fingerprint density at radius 3 is 2.19 bits per heavy atom. The summed E-state index contributed by atoms with van der Waals surface area (Å²) in [6.45, 7) is 2.00. The van der Waals surface area contributed by atoms with Gasteiger partial charge >= 0.3 is 0 Å². The van der Waals surface area contributed by atoms with Crippen molar-refractivity contribution in [3.63, 3.8) is 0 Å². The van der Waals surface area contributed by atoms with Crippen LogP contribution in [0.1, 0.15) is 18.1 Å². The Bertz CT molecular complexity index is 1130. The fourth-order valence-corrected chi connectivity index (χ4v) is 3.18. The molecule has 0 unspecified atom stereocenters. The minimum atomic E-state index is -0.0155. The van der Waals surface area contributed by atoms with Crippen molar-refractivity contribution in [3.8, 4) is 34.1 Å². The van der Waals surface area contributed by atoms with E-state index in [2.05, 4.69) is 10.3 Å². The smallest absolute Gasteiger partial charge is 0.161 e. The summed E-state index contributed by atoms with van der Waals surface area (Å²) in [7, 11) is 4.63. The lowest BCUT2D eigenvalue weighted by molar-refractivity contribution is 0.130. The predicted molar refractivity (Wildman–Crippen MR) is 122 cm³/mol. The number of phenols is 1. The highest BCUT2D eigenvalue weighted by Crippen LogP contribution is 2.38. The molecule has 3 aromatic carbocycles. The second kappa shape index (κ2) is 10.3. The Morgan fingerprint density at radius 2 is 1.56 bits per heavy atom. The maximum Gasteiger partial charge on any atom is 0.161 e. The summed E-state index contributed by atoms with van der Waals surface area (Å²) in [5.74, 6) is 1.49. The first-order valence-corrected chi connectivity index (χ1v) is 9.73. The molecule has 0 atom stereocenters. The van der Waals surface area contributed by atoms with Crippen LogP contribution in [0, 0.1) is 4.91 Å². The van der Waals surface area contributed by atoms with Crippen LogP contribution in [0.3, 0.4) is 0 Å². The number of aromatic hydroxyl groups is 1. The summed E-state index contributed by atoms with van der Waals surface area (Å²) in [5.41, 5.74) is 4.00. The first kappa shape index (κ1) is 22.6. The molecule has 0 aliphatic rings. The van der Waals surface area contributed by atoms with Gasteiger partial charge in [0.05, 0.1) is 27.0 Å². The molecule has 0 bridgehead atoms. The van der Waals surface area contributed by atoms with Crippen molar-refractivity contribution < 1.29 is 24.2 Å². The van der Waals surface area contributed by atoms with E-state index in [0.29, 0.717) is 34.2 Å². The monoisotopic (exact) mass is 436 g/mol. The molecule has 0 spiro atoms. The summed E-state index contributed by atoms with van der Waals surface area (Å²) in [5, 5.41) is 17.4. The highest BCUT2D eigenvalue weighted by Gasteiger charge is 2.16. The van der Waals surface area contributed by atoms with Crippen LogP contribution >= 0.6 is 0 Å². The van der Waals surface area contributed by atoms with Crippen molar-refractivity contribution in [3.05, 3.63) is 70.6 Å². The largest absolute Gasteiger partial charge is 0.504 e. The lowest BCUT2D eigenvalue weighted by Crippen LogP contribution is -2.01. The number of ether oxygens (including phenoxy) is 3. The molecule has 0 aliphatic heterocycles. The van der Waals surface area contributed by atoms with Gasteiger partial charge in [0.2, 0.25) is 0 Å². The molecular weight excluding hydrogens is 412 g/mol. The first-order valence-electron chi connectivity index (χ1n) is 9.73. The number of methoxy groups -OCH3 is 3. The topological polar surface area (TPSA) is 98.9 Å². The number of phenolic OH excluding ortho intramolecular Hbond substituents is 1. The van der Waals surface area contributed by atoms with Gasteiger partial charge in [0.1, 0.15) is 12.3 Å². The van der Waals surface area contributed by atoms with E-state index in [1.165, 1.54) is 7.11 Å². The average molecular weight is 436 g/mol. The van der Waals surface area contributed by atoms with Crippen molar-refractivity contribution in [2.45, 2.75) is 13.5 Å². The fraction of sp³-hybridized carbons (Fsp3) is 0.208. The molecule has 3 aromatic rings. The maximum atomic E-state index is 10.5. The summed E-state index contributed by atoms with van der Waals surface area (Å²) in [6, 6.07) is 15.5. The van der Waals surface area contributed by atoms with Crippen molar-refractivity contribution in [2.75, 3.05) is 21.3 Å². The number of hydrogen-bond acceptors (Lipinski definition) is 8. The van der Waals surface area contributed by atoms with Crippen LogP contribution < -0.4 is 14.2 Å². The Balaban J connectivity index is 1.94. The predicted octanol–water partition coefficient (Wildman–Crippen LogP) is 5.42. The summed E-state index contributed by atoms with van der Waals surface area (Å²) >= 11 is 0. The molecule has 0 amide bonds. The third-order valence-corrected chi connectivity index (χ3v) is 4.88. The Hall–Kier alpha value is -4.07. The minimum absolute atomic E-state index is 0.0155. The Kier molecular flexibility index (Phi) is 7.28. The number of oxime groups is 1. The van der Waals surface area contributed by atoms with E-state index in [9.17, 15) is 10.0 Å². The molecule has 0 aliphatic carbocycles. The zero-order valence-electron chi connectivity index (χ0n) is 18.3. The third-order valence-electron chi connectivity index (χ3n) is 4.88. The van der Waals surface area contributed by atoms with Gasteiger partial charge in [0, 0.05) is 5.56 Å². The average Bonchev–Trinajstić information content (AvgIpc) is 2.83. The standard InChI is InChI=1S/C24H24N2O6/c1-15(26-32-14-16-5-8-18(25-28)9-6-16)19-12-21(27)23(30-3)13-20(19)17-7-10-22(29-2)24(11-17)31-4/h5-13,27H,14H2,1-4H3/b26-15+. The van der Waals surface area contributed by atoms with Crippen molar-refractivity contribution >= 4 is 11.4 Å². The lowest BCUT2D eigenvalue weighted by atomic mass is 9.96. The second-order valence-electron chi connectivity index (χ2n) is 6.85. The maximum absolute atomic E-state index is 10.5. The number of hydrogen-bond donors (Lipinski definition) is 1. The number of nitroso groups, excluding NO2 is 1. The Morgan fingerprint density at radius 1 is 0.875 bits per heavy atom. The third kappa shape index (κ3) is 4.97. The molecule has 0 heterocycles. The highest BCUT2D eigenvalue weighted by molar-refractivity contribution is 6.05. The van der Waals surface area contributed by atoms with Gasteiger partial charge in [-0.2, -0.15) is 0 Å². The highest BCUT2D eigenvalue weighted by atomic mass is 16.6. The first-order chi connectivity index (χ1) is 15.5. The van der Waals surface area contributed by atoms with E-state index in [0.717, 1.165) is 16.7 Å². The Labute approximate surface area is 186 Å². The zero-order chi connectivity index (χ0) is 23.1. The molecule has 1 N–H and O–H groups in total. The quantitative estimate of drug-likeness (QED) is 0.273. The zero-order valence-corrected chi connectivity index (χ0v) is 18.3. The van der Waals surface area contributed by atoms with Gasteiger partial charge in [-0.05, 0) is 65.2 Å². The number of rotatable bonds is 9. The molecule has 0 radical (unpaired) electrons. The van der Waals surface area contributed by atoms with Crippen molar-refractivity contribution in [1.29, 1.82) is 0 Å². The normalized spacial score (nSPS) is 11.1. The molecule has 0 saturated heterocycles. The lowest BCUT2D eigenvalue weighted by Gasteiger charge is -2.15. The van der Waals surface area contributed by atoms with Crippen LogP contribution in [0.15, 0.2) is 64.9 Å². The van der Waals surface area contributed by atoms with E-state index >= 15 is 0 Å². The molecule has 0 saturated carbocycles. The van der Waals surface area contributed by atoms with Crippen molar-refractivity contribution in [1.82, 2.24) is 0 Å². The van der Waals surface area contributed by atoms with Gasteiger partial charge in [-0.15, -0.1) is 4.91 Å². The van der Waals surface area contributed by atoms with Gasteiger partial charge in [0.25, 0.3) is 0 Å². The van der Waals surface area contributed by atoms with E-state index in [1.807, 2.05) is 12.1 Å². The number of benzene rings is 3. The van der Waals surface area contributed by atoms with E-state index in [1.54, 1.807) is 63.6 Å². The van der Waals surface area contributed by atoms with Gasteiger partial charge in [-0.25, -0.2) is 0 Å². The molecule has 8 nitrogen and oxygen atoms in total. The second-order valence-corrected chi connectivity index (χ2v) is 6.85. The molecule has 32 heavy (non-hydrogen) atoms. The van der Waals surface area contributed by atoms with Gasteiger partial charge in [0.15, 0.2) is 23.0 Å². The minimum Gasteiger partial charge on any atom is -0.504 e. The van der Waals surface area contributed by atoms with Crippen LogP contribution in [-0.2, 0) is 11.4 Å². The van der Waals surface area contributed by atoms with Gasteiger partial charge in [-0.1, -0.05) is 23.4 Å². The van der Waals surface area contributed by atoms with Crippen LogP contribution in [0.4, 0.5) is 5.69 Å². The summed E-state index contributed by atoms with van der Waals surface area (Å²) in [6.07, 6.45) is 0. The van der Waals surface area contributed by atoms with Crippen LogP contribution in [0.25, 0.3) is 11.1 Å². The number of nitrogens with zero attached hydrogens (tertiary/aromatic N) is 2. The summed E-state index contributed by atoms with van der Waals surface area (Å²) in [4.78, 5) is 16.0. The summed E-state index contributed by atoms with van der Waals surface area (Å²) < 4.78 is 16.0. The van der Waals surface area contributed by atoms with E-state index < -0.39 is 0 Å². The van der Waals surface area contributed by atoms with Gasteiger partial charge in [-0.3, -0.25) is 0 Å². The van der Waals surface area contributed by atoms with E-state index in [4.69, 9.17) is 19.0 Å². The van der Waals surface area contributed by atoms with Crippen LogP contribution in [0.5, 0.6) is 23.0 Å². The molecule has 8 heteroatoms. The van der Waals surface area contributed by atoms with E-state index in [-0.39, 0.29) is 12.4 Å². The molecule has 3 rings (SSSR count). The SMILES string of the molecule is COc1cc(-c2ccc(OC)c(OC)c2)c(/C(C)=N/OCc2ccc(N=O)cc2)cc1O. The van der Waals surface area contributed by atoms with Crippen molar-refractivity contribution in [2.24, 2.45) is 10.3 Å². The van der Waals surface area contributed by atoms with Crippen LogP contribution in [-0.4, -0.2) is 32.1 Å². The fourth-order valence-electron chi connectivity index (χ4n) is 3.18. The molecule has 166 valence electrons.